The second-order valence-electron chi connectivity index (χ2n) is 6.10. The number of para-hydroxylation sites is 1. The fraction of sp³-hybridized carbons (Fsp3) is 0.0909. The van der Waals surface area contributed by atoms with Crippen LogP contribution in [0.2, 0.25) is 0 Å². The fourth-order valence-corrected chi connectivity index (χ4v) is 2.72. The van der Waals surface area contributed by atoms with Gasteiger partial charge in [-0.05, 0) is 36.2 Å². The molecule has 0 bridgehead atoms. The van der Waals surface area contributed by atoms with Crippen molar-refractivity contribution in [2.45, 2.75) is 13.0 Å². The highest BCUT2D eigenvalue weighted by molar-refractivity contribution is 6.02. The first-order valence-corrected chi connectivity index (χ1v) is 8.53. The van der Waals surface area contributed by atoms with Crippen molar-refractivity contribution in [1.82, 2.24) is 5.32 Å². The minimum Gasteiger partial charge on any atom is -0.336 e. The molecule has 0 saturated carbocycles. The van der Waals surface area contributed by atoms with Crippen LogP contribution in [0.4, 0.5) is 10.1 Å². The van der Waals surface area contributed by atoms with Gasteiger partial charge in [0.2, 0.25) is 0 Å². The minimum absolute atomic E-state index is 0.109. The summed E-state index contributed by atoms with van der Waals surface area (Å²) in [7, 11) is 0. The summed E-state index contributed by atoms with van der Waals surface area (Å²) in [6.45, 7) is 1.88. The highest BCUT2D eigenvalue weighted by Crippen LogP contribution is 2.19. The number of hydrogen-bond donors (Lipinski definition) is 2. The number of anilines is 1. The first-order valence-electron chi connectivity index (χ1n) is 8.53. The number of amides is 2. The highest BCUT2D eigenvalue weighted by atomic mass is 19.1. The first-order chi connectivity index (χ1) is 13.1. The van der Waals surface area contributed by atoms with Crippen LogP contribution in [0.25, 0.3) is 0 Å². The van der Waals surface area contributed by atoms with Gasteiger partial charge in [0.05, 0.1) is 5.56 Å². The lowest BCUT2D eigenvalue weighted by molar-refractivity contribution is -0.118. The fourth-order valence-electron chi connectivity index (χ4n) is 2.72. The second kappa shape index (κ2) is 8.27. The maximum atomic E-state index is 13.9. The van der Waals surface area contributed by atoms with Gasteiger partial charge in [-0.25, -0.2) is 4.39 Å². The lowest BCUT2D eigenvalue weighted by Gasteiger charge is -2.20. The minimum atomic E-state index is -0.960. The molecule has 0 heterocycles. The SMILES string of the molecule is Cc1ccccc1NC(=O)[C@@H](NC(=O)c1ccccc1F)c1ccccc1. The van der Waals surface area contributed by atoms with E-state index in [0.29, 0.717) is 11.3 Å². The third-order valence-corrected chi connectivity index (χ3v) is 4.19. The largest absolute Gasteiger partial charge is 0.336 e. The third-order valence-electron chi connectivity index (χ3n) is 4.19. The van der Waals surface area contributed by atoms with E-state index in [9.17, 15) is 14.0 Å². The lowest BCUT2D eigenvalue weighted by Crippen LogP contribution is -2.37. The summed E-state index contributed by atoms with van der Waals surface area (Å²) >= 11 is 0. The number of carbonyl (C=O) groups excluding carboxylic acids is 2. The number of benzene rings is 3. The second-order valence-corrected chi connectivity index (χ2v) is 6.10. The van der Waals surface area contributed by atoms with E-state index in [2.05, 4.69) is 10.6 Å². The Morgan fingerprint density at radius 3 is 2.19 bits per heavy atom. The lowest BCUT2D eigenvalue weighted by atomic mass is 10.0. The third kappa shape index (κ3) is 4.39. The molecule has 0 radical (unpaired) electrons. The van der Waals surface area contributed by atoms with Gasteiger partial charge in [0.15, 0.2) is 0 Å². The highest BCUT2D eigenvalue weighted by Gasteiger charge is 2.24. The van der Waals surface area contributed by atoms with Crippen LogP contribution in [0.1, 0.15) is 27.5 Å². The van der Waals surface area contributed by atoms with Gasteiger partial charge in [0.25, 0.3) is 11.8 Å². The molecule has 1 atom stereocenters. The van der Waals surface area contributed by atoms with Crippen molar-refractivity contribution in [3.63, 3.8) is 0 Å². The summed E-state index contributed by atoms with van der Waals surface area (Å²) in [4.78, 5) is 25.4. The van der Waals surface area contributed by atoms with Crippen molar-refractivity contribution in [3.8, 4) is 0 Å². The molecule has 3 aromatic rings. The standard InChI is InChI=1S/C22H19FN2O2/c1-15-9-5-8-14-19(15)24-22(27)20(16-10-3-2-4-11-16)25-21(26)17-12-6-7-13-18(17)23/h2-14,20H,1H3,(H,24,27)(H,25,26)/t20-/m0/s1. The van der Waals surface area contributed by atoms with Crippen LogP contribution >= 0.6 is 0 Å². The van der Waals surface area contributed by atoms with Crippen LogP contribution in [0.15, 0.2) is 78.9 Å². The van der Waals surface area contributed by atoms with E-state index in [1.807, 2.05) is 31.2 Å². The molecule has 0 aliphatic rings. The summed E-state index contributed by atoms with van der Waals surface area (Å²) < 4.78 is 13.9. The molecule has 2 amide bonds. The summed E-state index contributed by atoms with van der Waals surface area (Å²) in [5, 5.41) is 5.47. The van der Waals surface area contributed by atoms with E-state index < -0.39 is 23.7 Å². The van der Waals surface area contributed by atoms with Gasteiger partial charge < -0.3 is 10.6 Å². The number of nitrogens with one attached hydrogen (secondary N) is 2. The van der Waals surface area contributed by atoms with Crippen LogP contribution in [-0.4, -0.2) is 11.8 Å². The van der Waals surface area contributed by atoms with Crippen LogP contribution in [0.5, 0.6) is 0 Å². The summed E-state index contributed by atoms with van der Waals surface area (Å²) in [6, 6.07) is 20.9. The number of halogens is 1. The van der Waals surface area contributed by atoms with E-state index in [1.54, 1.807) is 36.4 Å². The molecule has 0 unspecified atom stereocenters. The maximum Gasteiger partial charge on any atom is 0.255 e. The van der Waals surface area contributed by atoms with Gasteiger partial charge in [-0.2, -0.15) is 0 Å². The zero-order chi connectivity index (χ0) is 19.2. The quantitative estimate of drug-likeness (QED) is 0.713. The summed E-state index contributed by atoms with van der Waals surface area (Å²) in [6.07, 6.45) is 0. The number of hydrogen-bond acceptors (Lipinski definition) is 2. The van der Waals surface area contributed by atoms with Crippen LogP contribution in [0, 0.1) is 12.7 Å². The molecule has 0 aliphatic carbocycles. The smallest absolute Gasteiger partial charge is 0.255 e. The number of carbonyl (C=O) groups is 2. The predicted octanol–water partition coefficient (Wildman–Crippen LogP) is 4.24. The van der Waals surface area contributed by atoms with Gasteiger partial charge in [0.1, 0.15) is 11.9 Å². The zero-order valence-electron chi connectivity index (χ0n) is 14.8. The van der Waals surface area contributed by atoms with Crippen LogP contribution in [-0.2, 0) is 4.79 Å². The van der Waals surface area contributed by atoms with Crippen molar-refractivity contribution in [2.75, 3.05) is 5.32 Å². The number of aryl methyl sites for hydroxylation is 1. The molecule has 2 N–H and O–H groups in total. The molecular formula is C22H19FN2O2. The summed E-state index contributed by atoms with van der Waals surface area (Å²) in [5.41, 5.74) is 2.05. The van der Waals surface area contributed by atoms with Gasteiger partial charge >= 0.3 is 0 Å². The Morgan fingerprint density at radius 1 is 0.852 bits per heavy atom. The normalized spacial score (nSPS) is 11.5. The average molecular weight is 362 g/mol. The van der Waals surface area contributed by atoms with Crippen molar-refractivity contribution in [3.05, 3.63) is 101 Å². The van der Waals surface area contributed by atoms with Crippen molar-refractivity contribution < 1.29 is 14.0 Å². The molecule has 27 heavy (non-hydrogen) atoms. The van der Waals surface area contributed by atoms with E-state index >= 15 is 0 Å². The monoisotopic (exact) mass is 362 g/mol. The molecule has 0 aliphatic heterocycles. The van der Waals surface area contributed by atoms with Crippen molar-refractivity contribution in [1.29, 1.82) is 0 Å². The Bertz CT molecular complexity index is 957. The van der Waals surface area contributed by atoms with Crippen LogP contribution in [0.3, 0.4) is 0 Å². The van der Waals surface area contributed by atoms with Gasteiger partial charge in [0, 0.05) is 5.69 Å². The molecule has 136 valence electrons. The molecule has 0 fully saturated rings. The Kier molecular flexibility index (Phi) is 5.61. The molecule has 0 aromatic heterocycles. The average Bonchev–Trinajstić information content (AvgIpc) is 2.68. The molecule has 0 saturated heterocycles. The molecule has 4 nitrogen and oxygen atoms in total. The number of rotatable bonds is 5. The predicted molar refractivity (Wildman–Crippen MR) is 103 cm³/mol. The van der Waals surface area contributed by atoms with Gasteiger partial charge in [-0.1, -0.05) is 60.7 Å². The van der Waals surface area contributed by atoms with E-state index in [4.69, 9.17) is 0 Å². The van der Waals surface area contributed by atoms with E-state index in [-0.39, 0.29) is 5.56 Å². The first kappa shape index (κ1) is 18.3. The topological polar surface area (TPSA) is 58.2 Å². The zero-order valence-corrected chi connectivity index (χ0v) is 14.8. The van der Waals surface area contributed by atoms with Crippen molar-refractivity contribution in [2.24, 2.45) is 0 Å². The Labute approximate surface area is 157 Å². The van der Waals surface area contributed by atoms with E-state index in [0.717, 1.165) is 5.56 Å². The maximum absolute atomic E-state index is 13.9. The van der Waals surface area contributed by atoms with E-state index in [1.165, 1.54) is 18.2 Å². The molecular weight excluding hydrogens is 343 g/mol. The Hall–Kier alpha value is -3.47. The molecule has 3 rings (SSSR count). The van der Waals surface area contributed by atoms with Crippen molar-refractivity contribution >= 4 is 17.5 Å². The Balaban J connectivity index is 1.88. The Morgan fingerprint density at radius 2 is 1.48 bits per heavy atom. The molecule has 0 spiro atoms. The van der Waals surface area contributed by atoms with Crippen LogP contribution < -0.4 is 10.6 Å². The summed E-state index contributed by atoms with van der Waals surface area (Å²) in [5.74, 6) is -1.69. The molecule has 3 aromatic carbocycles. The molecule has 5 heteroatoms. The van der Waals surface area contributed by atoms with Gasteiger partial charge in [-0.15, -0.1) is 0 Å². The van der Waals surface area contributed by atoms with Gasteiger partial charge in [-0.3, -0.25) is 9.59 Å².